The number of nitrogens with two attached hydrogens (primary N) is 1. The summed E-state index contributed by atoms with van der Waals surface area (Å²) >= 11 is 0. The molecule has 2 N–H and O–H groups in total. The topological polar surface area (TPSA) is 65.2 Å². The minimum absolute atomic E-state index is 0.141. The number of halogens is 1. The van der Waals surface area contributed by atoms with Crippen LogP contribution in [-0.2, 0) is 9.53 Å². The molecular formula is C10H13FN2O2. The molecule has 1 aromatic rings. The van der Waals surface area contributed by atoms with Crippen molar-refractivity contribution in [3.63, 3.8) is 0 Å². The fraction of sp³-hybridized carbons (Fsp3) is 0.400. The van der Waals surface area contributed by atoms with Gasteiger partial charge in [0.25, 0.3) is 0 Å². The van der Waals surface area contributed by atoms with E-state index in [2.05, 4.69) is 9.72 Å². The Morgan fingerprint density at radius 3 is 2.73 bits per heavy atom. The molecule has 0 fully saturated rings. The fourth-order valence-electron chi connectivity index (χ4n) is 1.12. The van der Waals surface area contributed by atoms with E-state index < -0.39 is 18.2 Å². The van der Waals surface area contributed by atoms with E-state index >= 15 is 0 Å². The maximum Gasteiger partial charge on any atom is 0.342 e. The van der Waals surface area contributed by atoms with Gasteiger partial charge in [0.1, 0.15) is 0 Å². The number of alkyl halides is 1. The molecule has 1 heterocycles. The number of esters is 1. The molecule has 0 amide bonds. The van der Waals surface area contributed by atoms with Crippen LogP contribution in [0.2, 0.25) is 0 Å². The van der Waals surface area contributed by atoms with Gasteiger partial charge >= 0.3 is 5.97 Å². The Labute approximate surface area is 87.3 Å². The molecule has 0 radical (unpaired) electrons. The van der Waals surface area contributed by atoms with E-state index in [0.717, 1.165) is 0 Å². The highest BCUT2D eigenvalue weighted by molar-refractivity contribution is 5.75. The highest BCUT2D eigenvalue weighted by Gasteiger charge is 2.27. The van der Waals surface area contributed by atoms with E-state index in [1.165, 1.54) is 12.4 Å². The molecule has 0 aliphatic heterocycles. The van der Waals surface area contributed by atoms with Crippen LogP contribution in [0.1, 0.15) is 18.5 Å². The molecule has 1 aromatic heterocycles. The highest BCUT2D eigenvalue weighted by Crippen LogP contribution is 2.16. The molecule has 5 heteroatoms. The fourth-order valence-corrected chi connectivity index (χ4v) is 1.12. The van der Waals surface area contributed by atoms with Crippen molar-refractivity contribution >= 4 is 5.97 Å². The quantitative estimate of drug-likeness (QED) is 0.755. The second-order valence-corrected chi connectivity index (χ2v) is 2.96. The van der Waals surface area contributed by atoms with Crippen molar-refractivity contribution < 1.29 is 13.9 Å². The summed E-state index contributed by atoms with van der Waals surface area (Å²) < 4.78 is 18.0. The summed E-state index contributed by atoms with van der Waals surface area (Å²) in [6, 6.07) is 2.12. The Morgan fingerprint density at radius 2 is 2.20 bits per heavy atom. The zero-order valence-corrected chi connectivity index (χ0v) is 8.39. The summed E-state index contributed by atoms with van der Waals surface area (Å²) in [6.45, 7) is 1.75. The number of hydrogen-bond acceptors (Lipinski definition) is 4. The summed E-state index contributed by atoms with van der Waals surface area (Å²) in [6.07, 6.45) is 1.15. The molecule has 0 aliphatic rings. The minimum atomic E-state index is -1.84. The predicted octanol–water partition coefficient (Wildman–Crippen LogP) is 0.983. The van der Waals surface area contributed by atoms with Gasteiger partial charge in [0, 0.05) is 12.4 Å². The second-order valence-electron chi connectivity index (χ2n) is 2.96. The van der Waals surface area contributed by atoms with Gasteiger partial charge in [0.05, 0.1) is 12.6 Å². The van der Waals surface area contributed by atoms with Gasteiger partial charge in [0.15, 0.2) is 0 Å². The Bertz CT molecular complexity index is 318. The number of pyridine rings is 1. The number of carbonyl (C=O) groups excluding carboxylic acids is 1. The van der Waals surface area contributed by atoms with Crippen LogP contribution in [0.3, 0.4) is 0 Å². The Balaban J connectivity index is 2.68. The average Bonchev–Trinajstić information content (AvgIpc) is 2.28. The first-order valence-electron chi connectivity index (χ1n) is 4.63. The lowest BCUT2D eigenvalue weighted by atomic mass is 10.1. The zero-order valence-electron chi connectivity index (χ0n) is 8.39. The molecule has 1 rings (SSSR count). The molecule has 2 atom stereocenters. The summed E-state index contributed by atoms with van der Waals surface area (Å²) in [4.78, 5) is 14.8. The van der Waals surface area contributed by atoms with E-state index in [-0.39, 0.29) is 6.61 Å². The molecule has 15 heavy (non-hydrogen) atoms. The molecule has 82 valence electrons. The molecule has 0 bridgehead atoms. The van der Waals surface area contributed by atoms with E-state index in [4.69, 9.17) is 5.73 Å². The van der Waals surface area contributed by atoms with Gasteiger partial charge < -0.3 is 10.5 Å². The normalized spacial score (nSPS) is 14.3. The van der Waals surface area contributed by atoms with Crippen LogP contribution < -0.4 is 5.73 Å². The first-order chi connectivity index (χ1) is 7.16. The number of rotatable bonds is 4. The molecule has 0 saturated heterocycles. The minimum Gasteiger partial charge on any atom is -0.464 e. The first-order valence-corrected chi connectivity index (χ1v) is 4.63. The molecule has 0 saturated carbocycles. The Morgan fingerprint density at radius 1 is 1.60 bits per heavy atom. The van der Waals surface area contributed by atoms with Crippen molar-refractivity contribution in [3.05, 3.63) is 30.1 Å². The molecule has 0 aliphatic carbocycles. The smallest absolute Gasteiger partial charge is 0.342 e. The number of nitrogens with zero attached hydrogens (tertiary/aromatic N) is 1. The van der Waals surface area contributed by atoms with Gasteiger partial charge in [-0.1, -0.05) is 0 Å². The van der Waals surface area contributed by atoms with E-state index in [1.54, 1.807) is 19.1 Å². The third-order valence-corrected chi connectivity index (χ3v) is 1.92. The molecule has 1 unspecified atom stereocenters. The third kappa shape index (κ3) is 2.99. The van der Waals surface area contributed by atoms with Crippen molar-refractivity contribution in [1.29, 1.82) is 0 Å². The summed E-state index contributed by atoms with van der Waals surface area (Å²) in [5, 5.41) is 0. The number of aromatic nitrogens is 1. The van der Waals surface area contributed by atoms with E-state index in [1.807, 2.05) is 0 Å². The van der Waals surface area contributed by atoms with Crippen LogP contribution >= 0.6 is 0 Å². The van der Waals surface area contributed by atoms with Crippen molar-refractivity contribution in [1.82, 2.24) is 4.98 Å². The van der Waals surface area contributed by atoms with Gasteiger partial charge in [-0.05, 0) is 24.6 Å². The summed E-state index contributed by atoms with van der Waals surface area (Å²) in [5.74, 6) is -0.929. The van der Waals surface area contributed by atoms with E-state index in [0.29, 0.717) is 5.56 Å². The Kier molecular flexibility index (Phi) is 4.17. The van der Waals surface area contributed by atoms with Crippen molar-refractivity contribution in [2.24, 2.45) is 5.73 Å². The monoisotopic (exact) mass is 212 g/mol. The molecule has 0 aromatic carbocycles. The zero-order chi connectivity index (χ0) is 11.3. The van der Waals surface area contributed by atoms with Crippen LogP contribution in [0, 0.1) is 0 Å². The lowest BCUT2D eigenvalue weighted by Gasteiger charge is -2.15. The van der Waals surface area contributed by atoms with E-state index in [9.17, 15) is 9.18 Å². The maximum atomic E-state index is 13.4. The summed E-state index contributed by atoms with van der Waals surface area (Å²) in [5.41, 5.74) is 6.09. The standard InChI is InChI=1S/C10H13FN2O2/c1-2-15-10(14)8(11)9(12)7-3-5-13-6-4-7/h3-6,8-9H,2,12H2,1H3/t8?,9-/m1/s1. The van der Waals surface area contributed by atoms with Crippen LogP contribution in [-0.4, -0.2) is 23.7 Å². The van der Waals surface area contributed by atoms with Crippen molar-refractivity contribution in [2.75, 3.05) is 6.61 Å². The van der Waals surface area contributed by atoms with Crippen LogP contribution in [0.25, 0.3) is 0 Å². The van der Waals surface area contributed by atoms with Crippen molar-refractivity contribution in [2.45, 2.75) is 19.1 Å². The lowest BCUT2D eigenvalue weighted by molar-refractivity contribution is -0.149. The first kappa shape index (κ1) is 11.6. The van der Waals surface area contributed by atoms with Gasteiger partial charge in [-0.3, -0.25) is 4.98 Å². The van der Waals surface area contributed by atoms with Crippen LogP contribution in [0.4, 0.5) is 4.39 Å². The third-order valence-electron chi connectivity index (χ3n) is 1.92. The van der Waals surface area contributed by atoms with Crippen molar-refractivity contribution in [3.8, 4) is 0 Å². The second kappa shape index (κ2) is 5.41. The van der Waals surface area contributed by atoms with Crippen LogP contribution in [0.5, 0.6) is 0 Å². The number of ether oxygens (including phenoxy) is 1. The molecule has 4 nitrogen and oxygen atoms in total. The number of carbonyl (C=O) groups is 1. The van der Waals surface area contributed by atoms with Crippen LogP contribution in [0.15, 0.2) is 24.5 Å². The Hall–Kier alpha value is -1.49. The average molecular weight is 212 g/mol. The van der Waals surface area contributed by atoms with Gasteiger partial charge in [-0.15, -0.1) is 0 Å². The van der Waals surface area contributed by atoms with Gasteiger partial charge in [0.2, 0.25) is 6.17 Å². The summed E-state index contributed by atoms with van der Waals surface area (Å²) in [7, 11) is 0. The van der Waals surface area contributed by atoms with Gasteiger partial charge in [-0.25, -0.2) is 9.18 Å². The maximum absolute atomic E-state index is 13.4. The highest BCUT2D eigenvalue weighted by atomic mass is 19.1. The predicted molar refractivity (Wildman–Crippen MR) is 52.7 cm³/mol. The lowest BCUT2D eigenvalue weighted by Crippen LogP contribution is -2.31. The molecule has 0 spiro atoms. The van der Waals surface area contributed by atoms with Gasteiger partial charge in [-0.2, -0.15) is 0 Å². The SMILES string of the molecule is CCOC(=O)C(F)[C@H](N)c1ccncc1. The number of hydrogen-bond donors (Lipinski definition) is 1. The largest absolute Gasteiger partial charge is 0.464 e. The molecular weight excluding hydrogens is 199 g/mol.